The van der Waals surface area contributed by atoms with Crippen molar-refractivity contribution in [2.24, 2.45) is 21.9 Å². The third-order valence-corrected chi connectivity index (χ3v) is 6.02. The van der Waals surface area contributed by atoms with Gasteiger partial charge in [-0.2, -0.15) is 0 Å². The molecule has 0 radical (unpaired) electrons. The summed E-state index contributed by atoms with van der Waals surface area (Å²) in [5.74, 6) is 0.350. The van der Waals surface area contributed by atoms with Gasteiger partial charge in [0, 0.05) is 18.3 Å². The van der Waals surface area contributed by atoms with Crippen molar-refractivity contribution in [1.82, 2.24) is 10.2 Å². The van der Waals surface area contributed by atoms with Crippen LogP contribution in [0.25, 0.3) is 0 Å². The SMILES string of the molecule is CC(Cc1ccc(N=C(N)/C=C\NC=O)cc1)N1CCC2(CC1)CC(N)C2. The number of hydrogen-bond acceptors (Lipinski definition) is 4. The molecule has 1 spiro atoms. The normalized spacial score (nSPS) is 21.9. The molecule has 6 nitrogen and oxygen atoms in total. The maximum Gasteiger partial charge on any atom is 0.211 e. The molecule has 5 N–H and O–H groups in total. The number of nitrogens with zero attached hydrogens (tertiary/aromatic N) is 2. The molecule has 146 valence electrons. The van der Waals surface area contributed by atoms with Gasteiger partial charge in [0.05, 0.1) is 5.69 Å². The average Bonchev–Trinajstić information content (AvgIpc) is 2.63. The number of hydrogen-bond donors (Lipinski definition) is 3. The molecule has 1 aliphatic heterocycles. The van der Waals surface area contributed by atoms with Crippen LogP contribution in [0.2, 0.25) is 0 Å². The smallest absolute Gasteiger partial charge is 0.211 e. The molecule has 1 saturated carbocycles. The number of likely N-dealkylation sites (tertiary alicyclic amines) is 1. The highest BCUT2D eigenvalue weighted by Crippen LogP contribution is 2.48. The summed E-state index contributed by atoms with van der Waals surface area (Å²) < 4.78 is 0. The minimum atomic E-state index is 0.350. The van der Waals surface area contributed by atoms with Gasteiger partial charge in [-0.15, -0.1) is 0 Å². The third kappa shape index (κ3) is 5.17. The molecule has 3 rings (SSSR count). The van der Waals surface area contributed by atoms with Gasteiger partial charge in [0.1, 0.15) is 5.84 Å². The summed E-state index contributed by atoms with van der Waals surface area (Å²) in [5, 5.41) is 2.41. The van der Waals surface area contributed by atoms with Crippen LogP contribution in [-0.4, -0.2) is 42.3 Å². The molecule has 2 aliphatic rings. The Balaban J connectivity index is 1.49. The first-order valence-corrected chi connectivity index (χ1v) is 9.79. The first-order valence-electron chi connectivity index (χ1n) is 9.79. The second-order valence-corrected chi connectivity index (χ2v) is 8.08. The summed E-state index contributed by atoms with van der Waals surface area (Å²) in [4.78, 5) is 17.1. The van der Waals surface area contributed by atoms with E-state index in [4.69, 9.17) is 11.5 Å². The number of nitrogens with one attached hydrogen (secondary N) is 1. The Labute approximate surface area is 161 Å². The zero-order valence-corrected chi connectivity index (χ0v) is 16.1. The van der Waals surface area contributed by atoms with Crippen molar-refractivity contribution in [3.63, 3.8) is 0 Å². The number of amides is 1. The van der Waals surface area contributed by atoms with Crippen LogP contribution >= 0.6 is 0 Å². The number of aliphatic imine (C=N–C) groups is 1. The first-order chi connectivity index (χ1) is 13.0. The molecular formula is C21H31N5O. The maximum atomic E-state index is 10.2. The molecule has 0 bridgehead atoms. The van der Waals surface area contributed by atoms with Gasteiger partial charge in [-0.1, -0.05) is 12.1 Å². The molecule has 1 saturated heterocycles. The summed E-state index contributed by atoms with van der Waals surface area (Å²) >= 11 is 0. The monoisotopic (exact) mass is 369 g/mol. The van der Waals surface area contributed by atoms with Gasteiger partial charge in [0.15, 0.2) is 0 Å². The van der Waals surface area contributed by atoms with Crippen LogP contribution in [0.15, 0.2) is 41.5 Å². The van der Waals surface area contributed by atoms with Crippen molar-refractivity contribution in [3.05, 3.63) is 42.1 Å². The number of rotatable bonds is 7. The lowest BCUT2D eigenvalue weighted by Gasteiger charge is -2.52. The number of piperidine rings is 1. The fourth-order valence-electron chi connectivity index (χ4n) is 4.44. The molecule has 1 aromatic rings. The van der Waals surface area contributed by atoms with E-state index < -0.39 is 0 Å². The van der Waals surface area contributed by atoms with Crippen molar-refractivity contribution in [1.29, 1.82) is 0 Å². The highest BCUT2D eigenvalue weighted by Gasteiger charge is 2.44. The van der Waals surface area contributed by atoms with Crippen molar-refractivity contribution >= 4 is 17.9 Å². The fourth-order valence-corrected chi connectivity index (χ4v) is 4.44. The number of amidine groups is 1. The Morgan fingerprint density at radius 2 is 2.00 bits per heavy atom. The molecule has 1 aromatic carbocycles. The van der Waals surface area contributed by atoms with Crippen molar-refractivity contribution in [3.8, 4) is 0 Å². The van der Waals surface area contributed by atoms with Crippen LogP contribution < -0.4 is 16.8 Å². The number of carbonyl (C=O) groups excluding carboxylic acids is 1. The lowest BCUT2D eigenvalue weighted by atomic mass is 9.60. The maximum absolute atomic E-state index is 10.2. The number of benzene rings is 1. The summed E-state index contributed by atoms with van der Waals surface area (Å²) in [7, 11) is 0. The van der Waals surface area contributed by atoms with E-state index >= 15 is 0 Å². The Hall–Kier alpha value is -2.18. The average molecular weight is 370 g/mol. The fraction of sp³-hybridized carbons (Fsp3) is 0.524. The van der Waals surface area contributed by atoms with Crippen molar-refractivity contribution < 1.29 is 4.79 Å². The molecule has 1 amide bonds. The van der Waals surface area contributed by atoms with Crippen LogP contribution in [0.5, 0.6) is 0 Å². The molecule has 1 atom stereocenters. The molecular weight excluding hydrogens is 338 g/mol. The Morgan fingerprint density at radius 1 is 1.33 bits per heavy atom. The Kier molecular flexibility index (Phi) is 6.29. The summed E-state index contributed by atoms with van der Waals surface area (Å²) in [6.07, 6.45) is 9.68. The second kappa shape index (κ2) is 8.67. The van der Waals surface area contributed by atoms with Gasteiger partial charge in [-0.3, -0.25) is 4.79 Å². The van der Waals surface area contributed by atoms with Crippen molar-refractivity contribution in [2.75, 3.05) is 13.1 Å². The molecule has 1 aliphatic carbocycles. The van der Waals surface area contributed by atoms with Gasteiger partial charge in [0.2, 0.25) is 6.41 Å². The molecule has 1 unspecified atom stereocenters. The van der Waals surface area contributed by atoms with Crippen LogP contribution in [0.3, 0.4) is 0 Å². The van der Waals surface area contributed by atoms with E-state index in [0.29, 0.717) is 29.7 Å². The number of carbonyl (C=O) groups is 1. The lowest BCUT2D eigenvalue weighted by Crippen LogP contribution is -2.53. The molecule has 6 heteroatoms. The molecule has 27 heavy (non-hydrogen) atoms. The van der Waals surface area contributed by atoms with Gasteiger partial charge in [0.25, 0.3) is 0 Å². The first kappa shape index (κ1) is 19.6. The van der Waals surface area contributed by atoms with Gasteiger partial charge >= 0.3 is 0 Å². The van der Waals surface area contributed by atoms with Gasteiger partial charge in [-0.25, -0.2) is 4.99 Å². The largest absolute Gasteiger partial charge is 0.384 e. The van der Waals surface area contributed by atoms with Crippen LogP contribution in [0, 0.1) is 5.41 Å². The van der Waals surface area contributed by atoms with Crippen LogP contribution in [-0.2, 0) is 11.2 Å². The van der Waals surface area contributed by atoms with E-state index in [9.17, 15) is 4.79 Å². The van der Waals surface area contributed by atoms with E-state index in [1.54, 1.807) is 6.08 Å². The van der Waals surface area contributed by atoms with Crippen LogP contribution in [0.1, 0.15) is 38.2 Å². The van der Waals surface area contributed by atoms with Gasteiger partial charge in [-0.05, 0) is 81.3 Å². The second-order valence-electron chi connectivity index (χ2n) is 8.08. The van der Waals surface area contributed by atoms with Gasteiger partial charge < -0.3 is 21.7 Å². The third-order valence-electron chi connectivity index (χ3n) is 6.02. The van der Waals surface area contributed by atoms with E-state index in [1.165, 1.54) is 50.5 Å². The highest BCUT2D eigenvalue weighted by molar-refractivity contribution is 5.93. The topological polar surface area (TPSA) is 96.7 Å². The predicted octanol–water partition coefficient (Wildman–Crippen LogP) is 2.07. The van der Waals surface area contributed by atoms with E-state index in [1.807, 2.05) is 12.1 Å². The lowest BCUT2D eigenvalue weighted by molar-refractivity contribution is -0.108. The predicted molar refractivity (Wildman–Crippen MR) is 110 cm³/mol. The van der Waals surface area contributed by atoms with E-state index in [-0.39, 0.29) is 0 Å². The Bertz CT molecular complexity index is 681. The van der Waals surface area contributed by atoms with E-state index in [2.05, 4.69) is 34.3 Å². The molecule has 0 aromatic heterocycles. The minimum Gasteiger partial charge on any atom is -0.384 e. The molecule has 1 heterocycles. The Morgan fingerprint density at radius 3 is 2.59 bits per heavy atom. The van der Waals surface area contributed by atoms with Crippen LogP contribution in [0.4, 0.5) is 5.69 Å². The summed E-state index contributed by atoms with van der Waals surface area (Å²) in [6, 6.07) is 9.18. The number of nitrogens with two attached hydrogens (primary N) is 2. The minimum absolute atomic E-state index is 0.350. The zero-order valence-electron chi connectivity index (χ0n) is 16.1. The van der Waals surface area contributed by atoms with Crippen molar-refractivity contribution in [2.45, 2.75) is 51.1 Å². The summed E-state index contributed by atoms with van der Waals surface area (Å²) in [5.41, 5.74) is 14.5. The highest BCUT2D eigenvalue weighted by atomic mass is 16.1. The zero-order chi connectivity index (χ0) is 19.3. The summed E-state index contributed by atoms with van der Waals surface area (Å²) in [6.45, 7) is 4.70. The quantitative estimate of drug-likeness (QED) is 0.389. The molecule has 2 fully saturated rings. The standard InChI is InChI=1S/C21H31N5O/c1-16(26-10-7-21(8-11-26)13-18(22)14-21)12-17-2-4-19(5-3-17)25-20(23)6-9-24-15-27/h2-6,9,15-16,18H,7-8,10-14,22H2,1H3,(H2,23,25)(H,24,27)/b9-6-. The van der Waals surface area contributed by atoms with E-state index in [0.717, 1.165) is 12.1 Å².